The number of hydrogen-bond acceptors (Lipinski definition) is 4. The number of carbonyl (C=O) groups excluding carboxylic acids is 1. The van der Waals surface area contributed by atoms with Crippen LogP contribution in [0.5, 0.6) is 5.75 Å². The Hall–Kier alpha value is -3.08. The highest BCUT2D eigenvalue weighted by Crippen LogP contribution is 2.19. The first-order valence-electron chi connectivity index (χ1n) is 8.02. The average molecular weight is 336 g/mol. The minimum absolute atomic E-state index is 0.207. The lowest BCUT2D eigenvalue weighted by molar-refractivity contribution is 0.0471. The van der Waals surface area contributed by atoms with Gasteiger partial charge in [-0.2, -0.15) is 5.10 Å². The maximum absolute atomic E-state index is 12.5. The van der Waals surface area contributed by atoms with E-state index in [4.69, 9.17) is 9.47 Å². The summed E-state index contributed by atoms with van der Waals surface area (Å²) in [5.41, 5.74) is 3.75. The second-order valence-electron chi connectivity index (χ2n) is 5.72. The molecule has 0 spiro atoms. The first kappa shape index (κ1) is 16.8. The standard InChI is InChI=1S/C20H20N2O3/c1-14-19(15(2)22(21-14)17-7-5-4-6-8-17)20(23)25-13-16-9-11-18(24-3)12-10-16/h4-12H,13H2,1-3H3. The third-order valence-electron chi connectivity index (χ3n) is 4.03. The van der Waals surface area contributed by atoms with Crippen molar-refractivity contribution >= 4 is 5.97 Å². The van der Waals surface area contributed by atoms with Crippen LogP contribution < -0.4 is 4.74 Å². The Morgan fingerprint density at radius 1 is 1.04 bits per heavy atom. The number of aromatic nitrogens is 2. The van der Waals surface area contributed by atoms with Crippen LogP contribution in [0.4, 0.5) is 0 Å². The van der Waals surface area contributed by atoms with Gasteiger partial charge in [-0.05, 0) is 43.7 Å². The van der Waals surface area contributed by atoms with Gasteiger partial charge in [0, 0.05) is 0 Å². The molecule has 0 radical (unpaired) electrons. The first-order chi connectivity index (χ1) is 12.1. The Labute approximate surface area is 146 Å². The molecule has 25 heavy (non-hydrogen) atoms. The fourth-order valence-corrected chi connectivity index (χ4v) is 2.70. The van der Waals surface area contributed by atoms with E-state index in [0.29, 0.717) is 11.3 Å². The van der Waals surface area contributed by atoms with Gasteiger partial charge in [0.05, 0.1) is 24.2 Å². The number of hydrogen-bond donors (Lipinski definition) is 0. The number of para-hydroxylation sites is 1. The van der Waals surface area contributed by atoms with E-state index in [2.05, 4.69) is 5.10 Å². The second-order valence-corrected chi connectivity index (χ2v) is 5.72. The topological polar surface area (TPSA) is 53.4 Å². The predicted octanol–water partition coefficient (Wildman–Crippen LogP) is 3.85. The quantitative estimate of drug-likeness (QED) is 0.664. The first-order valence-corrected chi connectivity index (χ1v) is 8.02. The highest BCUT2D eigenvalue weighted by Gasteiger charge is 2.20. The molecule has 0 fully saturated rings. The summed E-state index contributed by atoms with van der Waals surface area (Å²) in [5, 5.41) is 4.48. The van der Waals surface area contributed by atoms with Crippen LogP contribution in [-0.4, -0.2) is 22.9 Å². The summed E-state index contributed by atoms with van der Waals surface area (Å²) >= 11 is 0. The van der Waals surface area contributed by atoms with Crippen molar-refractivity contribution in [1.82, 2.24) is 9.78 Å². The lowest BCUT2D eigenvalue weighted by atomic mass is 10.2. The van der Waals surface area contributed by atoms with E-state index in [9.17, 15) is 4.79 Å². The molecule has 0 unspecified atom stereocenters. The zero-order valence-electron chi connectivity index (χ0n) is 14.5. The molecule has 0 aliphatic carbocycles. The molecule has 3 aromatic rings. The van der Waals surface area contributed by atoms with Crippen LogP contribution in [-0.2, 0) is 11.3 Å². The van der Waals surface area contributed by atoms with Crippen LogP contribution in [0.1, 0.15) is 27.3 Å². The van der Waals surface area contributed by atoms with Gasteiger partial charge in [-0.15, -0.1) is 0 Å². The van der Waals surface area contributed by atoms with Gasteiger partial charge in [-0.3, -0.25) is 0 Å². The molecule has 1 heterocycles. The van der Waals surface area contributed by atoms with Crippen molar-refractivity contribution in [2.75, 3.05) is 7.11 Å². The van der Waals surface area contributed by atoms with E-state index in [1.54, 1.807) is 11.8 Å². The molecule has 0 saturated heterocycles. The fraction of sp³-hybridized carbons (Fsp3) is 0.200. The molecule has 0 amide bonds. The van der Waals surface area contributed by atoms with Gasteiger partial charge in [0.1, 0.15) is 17.9 Å². The van der Waals surface area contributed by atoms with Gasteiger partial charge < -0.3 is 9.47 Å². The molecule has 3 rings (SSSR count). The number of rotatable bonds is 5. The summed E-state index contributed by atoms with van der Waals surface area (Å²) in [4.78, 5) is 12.5. The summed E-state index contributed by atoms with van der Waals surface area (Å²) in [6, 6.07) is 17.1. The third kappa shape index (κ3) is 3.55. The van der Waals surface area contributed by atoms with Crippen molar-refractivity contribution in [1.29, 1.82) is 0 Å². The van der Waals surface area contributed by atoms with Gasteiger partial charge in [0.2, 0.25) is 0 Å². The van der Waals surface area contributed by atoms with Gasteiger partial charge in [-0.25, -0.2) is 9.48 Å². The molecule has 128 valence electrons. The Morgan fingerprint density at radius 3 is 2.36 bits per heavy atom. The summed E-state index contributed by atoms with van der Waals surface area (Å²) in [5.74, 6) is 0.402. The average Bonchev–Trinajstić information content (AvgIpc) is 2.95. The highest BCUT2D eigenvalue weighted by molar-refractivity contribution is 5.92. The Balaban J connectivity index is 1.77. The molecule has 2 aromatic carbocycles. The van der Waals surface area contributed by atoms with Crippen LogP contribution >= 0.6 is 0 Å². The number of carbonyl (C=O) groups is 1. The number of aryl methyl sites for hydroxylation is 1. The molecule has 0 aliphatic rings. The Morgan fingerprint density at radius 2 is 1.72 bits per heavy atom. The monoisotopic (exact) mass is 336 g/mol. The molecule has 0 aliphatic heterocycles. The lowest BCUT2D eigenvalue weighted by Crippen LogP contribution is -2.08. The van der Waals surface area contributed by atoms with Crippen molar-refractivity contribution in [3.63, 3.8) is 0 Å². The molecule has 5 heteroatoms. The second kappa shape index (κ2) is 7.21. The van der Waals surface area contributed by atoms with Crippen molar-refractivity contribution in [2.45, 2.75) is 20.5 Å². The molecule has 0 N–H and O–H groups in total. The van der Waals surface area contributed by atoms with Crippen LogP contribution in [0, 0.1) is 13.8 Å². The SMILES string of the molecule is COc1ccc(COC(=O)c2c(C)nn(-c3ccccc3)c2C)cc1. The predicted molar refractivity (Wildman–Crippen MR) is 95.2 cm³/mol. The van der Waals surface area contributed by atoms with E-state index in [1.807, 2.05) is 68.4 Å². The largest absolute Gasteiger partial charge is 0.497 e. The summed E-state index contributed by atoms with van der Waals surface area (Å²) in [7, 11) is 1.62. The minimum atomic E-state index is -0.368. The van der Waals surface area contributed by atoms with Crippen LogP contribution in [0.25, 0.3) is 5.69 Å². The van der Waals surface area contributed by atoms with E-state index in [-0.39, 0.29) is 12.6 Å². The maximum atomic E-state index is 12.5. The number of benzene rings is 2. The van der Waals surface area contributed by atoms with E-state index in [1.165, 1.54) is 0 Å². The number of esters is 1. The Bertz CT molecular complexity index is 868. The molecule has 5 nitrogen and oxygen atoms in total. The summed E-state index contributed by atoms with van der Waals surface area (Å²) in [6.07, 6.45) is 0. The van der Waals surface area contributed by atoms with Crippen molar-refractivity contribution in [3.05, 3.63) is 77.1 Å². The van der Waals surface area contributed by atoms with Crippen molar-refractivity contribution < 1.29 is 14.3 Å². The van der Waals surface area contributed by atoms with Crippen LogP contribution in [0.2, 0.25) is 0 Å². The Kier molecular flexibility index (Phi) is 4.84. The van der Waals surface area contributed by atoms with Crippen LogP contribution in [0.15, 0.2) is 54.6 Å². The zero-order valence-corrected chi connectivity index (χ0v) is 14.5. The minimum Gasteiger partial charge on any atom is -0.497 e. The van der Waals surface area contributed by atoms with E-state index >= 15 is 0 Å². The smallest absolute Gasteiger partial charge is 0.342 e. The highest BCUT2D eigenvalue weighted by atomic mass is 16.5. The lowest BCUT2D eigenvalue weighted by Gasteiger charge is -2.07. The molecular weight excluding hydrogens is 316 g/mol. The maximum Gasteiger partial charge on any atom is 0.342 e. The van der Waals surface area contributed by atoms with Gasteiger partial charge in [0.15, 0.2) is 0 Å². The molecule has 0 bridgehead atoms. The van der Waals surface area contributed by atoms with Crippen molar-refractivity contribution in [2.24, 2.45) is 0 Å². The number of methoxy groups -OCH3 is 1. The third-order valence-corrected chi connectivity index (χ3v) is 4.03. The fourth-order valence-electron chi connectivity index (χ4n) is 2.70. The number of nitrogens with zero attached hydrogens (tertiary/aromatic N) is 2. The van der Waals surface area contributed by atoms with Crippen LogP contribution in [0.3, 0.4) is 0 Å². The zero-order chi connectivity index (χ0) is 17.8. The summed E-state index contributed by atoms with van der Waals surface area (Å²) < 4.78 is 12.4. The van der Waals surface area contributed by atoms with E-state index in [0.717, 1.165) is 22.7 Å². The molecule has 1 aromatic heterocycles. The van der Waals surface area contributed by atoms with Gasteiger partial charge in [-0.1, -0.05) is 30.3 Å². The van der Waals surface area contributed by atoms with Crippen molar-refractivity contribution in [3.8, 4) is 11.4 Å². The summed E-state index contributed by atoms with van der Waals surface area (Å²) in [6.45, 7) is 3.89. The molecule has 0 atom stereocenters. The van der Waals surface area contributed by atoms with Gasteiger partial charge in [0.25, 0.3) is 0 Å². The van der Waals surface area contributed by atoms with E-state index < -0.39 is 0 Å². The normalized spacial score (nSPS) is 10.5. The van der Waals surface area contributed by atoms with Gasteiger partial charge >= 0.3 is 5.97 Å². The molecule has 0 saturated carbocycles. The molecular formula is C20H20N2O3. The number of ether oxygens (including phenoxy) is 2.